The number of hydrogen-bond acceptors (Lipinski definition) is 2. The SMILES string of the molecule is C=N/C=C\C(=C)C(=C)/C=C\N=C. The Morgan fingerprint density at radius 2 is 1.17 bits per heavy atom. The summed E-state index contributed by atoms with van der Waals surface area (Å²) >= 11 is 0. The van der Waals surface area contributed by atoms with Crippen LogP contribution in [0, 0.1) is 0 Å². The van der Waals surface area contributed by atoms with Crippen molar-refractivity contribution in [2.75, 3.05) is 0 Å². The van der Waals surface area contributed by atoms with E-state index < -0.39 is 0 Å². The molecule has 0 aromatic rings. The molecule has 0 amide bonds. The standard InChI is InChI=1S/C10H12N2/c1-9(5-7-11-3)10(2)6-8-12-4/h5-8H,1-4H2/b7-5-,8-6-. The highest BCUT2D eigenvalue weighted by Crippen LogP contribution is 2.07. The lowest BCUT2D eigenvalue weighted by Crippen LogP contribution is -1.76. The molecule has 0 unspecified atom stereocenters. The fourth-order valence-electron chi connectivity index (χ4n) is 0.499. The molecule has 0 saturated carbocycles. The maximum atomic E-state index is 3.76. The summed E-state index contributed by atoms with van der Waals surface area (Å²) in [5.74, 6) is 0. The van der Waals surface area contributed by atoms with Crippen LogP contribution in [-0.4, -0.2) is 13.4 Å². The third-order valence-electron chi connectivity index (χ3n) is 1.17. The molecule has 0 heterocycles. The van der Waals surface area contributed by atoms with Gasteiger partial charge in [0.15, 0.2) is 0 Å². The lowest BCUT2D eigenvalue weighted by molar-refractivity contribution is 1.51. The van der Waals surface area contributed by atoms with Crippen LogP contribution in [0.25, 0.3) is 0 Å². The summed E-state index contributed by atoms with van der Waals surface area (Å²) in [7, 11) is 0. The van der Waals surface area contributed by atoms with Gasteiger partial charge in [-0.05, 0) is 36.7 Å². The van der Waals surface area contributed by atoms with Crippen molar-refractivity contribution in [1.29, 1.82) is 0 Å². The first-order valence-corrected chi connectivity index (χ1v) is 3.35. The van der Waals surface area contributed by atoms with Gasteiger partial charge in [0.1, 0.15) is 0 Å². The van der Waals surface area contributed by atoms with E-state index in [-0.39, 0.29) is 0 Å². The smallest absolute Gasteiger partial charge is 0.0266 e. The van der Waals surface area contributed by atoms with Gasteiger partial charge in [0.25, 0.3) is 0 Å². The Labute approximate surface area is 73.1 Å². The highest BCUT2D eigenvalue weighted by Gasteiger charge is 1.88. The molecular formula is C10H12N2. The molecule has 0 aromatic carbocycles. The minimum absolute atomic E-state index is 0.780. The zero-order valence-corrected chi connectivity index (χ0v) is 7.03. The molecule has 0 saturated heterocycles. The molecule has 0 rings (SSSR count). The number of aliphatic imine (C=N–C) groups is 2. The van der Waals surface area contributed by atoms with E-state index in [2.05, 4.69) is 36.6 Å². The molecule has 0 fully saturated rings. The Bertz CT molecular complexity index is 229. The van der Waals surface area contributed by atoms with Gasteiger partial charge in [-0.2, -0.15) is 0 Å². The van der Waals surface area contributed by atoms with Crippen LogP contribution < -0.4 is 0 Å². The van der Waals surface area contributed by atoms with E-state index in [4.69, 9.17) is 0 Å². The molecule has 0 bridgehead atoms. The maximum absolute atomic E-state index is 3.76. The van der Waals surface area contributed by atoms with Crippen molar-refractivity contribution in [3.05, 3.63) is 48.9 Å². The summed E-state index contributed by atoms with van der Waals surface area (Å²) in [6.07, 6.45) is 6.57. The Balaban J connectivity index is 4.20. The van der Waals surface area contributed by atoms with Crippen LogP contribution in [0.5, 0.6) is 0 Å². The monoisotopic (exact) mass is 160 g/mol. The van der Waals surface area contributed by atoms with Crippen molar-refractivity contribution in [3.63, 3.8) is 0 Å². The first-order valence-electron chi connectivity index (χ1n) is 3.35. The first-order chi connectivity index (χ1) is 5.72. The molecule has 0 radical (unpaired) electrons. The summed E-state index contributed by atoms with van der Waals surface area (Å²) in [5, 5.41) is 0. The van der Waals surface area contributed by atoms with Crippen molar-refractivity contribution in [2.24, 2.45) is 9.98 Å². The van der Waals surface area contributed by atoms with Gasteiger partial charge in [0.2, 0.25) is 0 Å². The van der Waals surface area contributed by atoms with E-state index >= 15 is 0 Å². The second-order valence-corrected chi connectivity index (χ2v) is 2.05. The second kappa shape index (κ2) is 6.04. The summed E-state index contributed by atoms with van der Waals surface area (Å²) in [5.41, 5.74) is 1.56. The van der Waals surface area contributed by atoms with Gasteiger partial charge in [-0.25, -0.2) is 0 Å². The van der Waals surface area contributed by atoms with E-state index in [1.54, 1.807) is 24.6 Å². The second-order valence-electron chi connectivity index (χ2n) is 2.05. The summed E-state index contributed by atoms with van der Waals surface area (Å²) in [6.45, 7) is 14.1. The highest BCUT2D eigenvalue weighted by molar-refractivity contribution is 5.43. The minimum Gasteiger partial charge on any atom is -0.272 e. The van der Waals surface area contributed by atoms with Crippen molar-refractivity contribution < 1.29 is 0 Å². The average Bonchev–Trinajstić information content (AvgIpc) is 2.10. The van der Waals surface area contributed by atoms with Crippen molar-refractivity contribution in [1.82, 2.24) is 0 Å². The van der Waals surface area contributed by atoms with Crippen LogP contribution in [0.2, 0.25) is 0 Å². The molecule has 62 valence electrons. The van der Waals surface area contributed by atoms with E-state index in [1.165, 1.54) is 0 Å². The van der Waals surface area contributed by atoms with Gasteiger partial charge in [0, 0.05) is 12.4 Å². The molecule has 0 aliphatic heterocycles. The number of hydrogen-bond donors (Lipinski definition) is 0. The molecule has 0 spiro atoms. The number of allylic oxidation sites excluding steroid dienone is 4. The van der Waals surface area contributed by atoms with E-state index in [0.29, 0.717) is 0 Å². The molecule has 0 N–H and O–H groups in total. The van der Waals surface area contributed by atoms with Crippen molar-refractivity contribution in [2.45, 2.75) is 0 Å². The number of nitrogens with zero attached hydrogens (tertiary/aromatic N) is 2. The Morgan fingerprint density at radius 3 is 1.42 bits per heavy atom. The number of rotatable bonds is 5. The molecular weight excluding hydrogens is 148 g/mol. The van der Waals surface area contributed by atoms with E-state index in [1.807, 2.05) is 0 Å². The third kappa shape index (κ3) is 4.17. The zero-order valence-electron chi connectivity index (χ0n) is 7.03. The Kier molecular flexibility index (Phi) is 5.18. The molecule has 0 aliphatic carbocycles. The van der Waals surface area contributed by atoms with Gasteiger partial charge in [-0.3, -0.25) is 9.98 Å². The molecule has 0 atom stereocenters. The first kappa shape index (κ1) is 10.3. The van der Waals surface area contributed by atoms with Crippen LogP contribution >= 0.6 is 0 Å². The Morgan fingerprint density at radius 1 is 0.833 bits per heavy atom. The van der Waals surface area contributed by atoms with Crippen LogP contribution in [-0.2, 0) is 0 Å². The quantitative estimate of drug-likeness (QED) is 0.436. The van der Waals surface area contributed by atoms with Gasteiger partial charge in [-0.15, -0.1) is 0 Å². The minimum atomic E-state index is 0.780. The zero-order chi connectivity index (χ0) is 9.40. The lowest BCUT2D eigenvalue weighted by Gasteiger charge is -1.95. The van der Waals surface area contributed by atoms with Crippen molar-refractivity contribution in [3.8, 4) is 0 Å². The molecule has 12 heavy (non-hydrogen) atoms. The predicted molar refractivity (Wildman–Crippen MR) is 55.7 cm³/mol. The van der Waals surface area contributed by atoms with Crippen LogP contribution in [0.15, 0.2) is 58.8 Å². The summed E-state index contributed by atoms with van der Waals surface area (Å²) in [6, 6.07) is 0. The van der Waals surface area contributed by atoms with Crippen LogP contribution in [0.3, 0.4) is 0 Å². The van der Waals surface area contributed by atoms with Crippen LogP contribution in [0.1, 0.15) is 0 Å². The molecule has 0 aromatic heterocycles. The maximum Gasteiger partial charge on any atom is 0.0266 e. The van der Waals surface area contributed by atoms with E-state index in [9.17, 15) is 0 Å². The van der Waals surface area contributed by atoms with Gasteiger partial charge < -0.3 is 0 Å². The van der Waals surface area contributed by atoms with Crippen LogP contribution in [0.4, 0.5) is 0 Å². The molecule has 2 heteroatoms. The Hall–Kier alpha value is -1.70. The fourth-order valence-corrected chi connectivity index (χ4v) is 0.499. The summed E-state index contributed by atoms with van der Waals surface area (Å²) < 4.78 is 0. The predicted octanol–water partition coefficient (Wildman–Crippen LogP) is 2.53. The highest BCUT2D eigenvalue weighted by atomic mass is 14.6. The largest absolute Gasteiger partial charge is 0.272 e. The molecule has 2 nitrogen and oxygen atoms in total. The van der Waals surface area contributed by atoms with Gasteiger partial charge >= 0.3 is 0 Å². The van der Waals surface area contributed by atoms with E-state index in [0.717, 1.165) is 11.1 Å². The van der Waals surface area contributed by atoms with Crippen molar-refractivity contribution >= 4 is 13.4 Å². The van der Waals surface area contributed by atoms with Gasteiger partial charge in [0.05, 0.1) is 0 Å². The lowest BCUT2D eigenvalue weighted by atomic mass is 10.1. The normalized spacial score (nSPS) is 10.3. The van der Waals surface area contributed by atoms with Gasteiger partial charge in [-0.1, -0.05) is 13.2 Å². The third-order valence-corrected chi connectivity index (χ3v) is 1.17. The molecule has 0 aliphatic rings. The topological polar surface area (TPSA) is 24.7 Å². The average molecular weight is 160 g/mol. The fraction of sp³-hybridized carbons (Fsp3) is 0. The summed E-state index contributed by atoms with van der Waals surface area (Å²) in [4.78, 5) is 7.09.